The summed E-state index contributed by atoms with van der Waals surface area (Å²) >= 11 is 0. The number of nitrogen functional groups attached to an aromatic ring is 1. The van der Waals surface area contributed by atoms with Crippen molar-refractivity contribution in [1.29, 1.82) is 0 Å². The lowest BCUT2D eigenvalue weighted by molar-refractivity contribution is 0.0114. The Hall–Kier alpha value is -1.93. The largest absolute Gasteiger partial charge is 0.444 e. The first-order valence-electron chi connectivity index (χ1n) is 6.59. The first-order valence-corrected chi connectivity index (χ1v) is 6.59. The lowest BCUT2D eigenvalue weighted by atomic mass is 10.0. The van der Waals surface area contributed by atoms with E-state index in [0.717, 1.165) is 12.1 Å². The lowest BCUT2D eigenvalue weighted by Gasteiger charge is -2.23. The summed E-state index contributed by atoms with van der Waals surface area (Å²) < 4.78 is 31.8. The average molecular weight is 318 g/mol. The first-order chi connectivity index (χ1) is 10.0. The molecule has 5 N–H and O–H groups in total. The Morgan fingerprint density at radius 3 is 2.50 bits per heavy atom. The van der Waals surface area contributed by atoms with Crippen molar-refractivity contribution < 1.29 is 28.5 Å². The molecule has 0 spiro atoms. The Labute approximate surface area is 126 Å². The van der Waals surface area contributed by atoms with Crippen LogP contribution in [0.15, 0.2) is 12.1 Å². The maximum atomic E-state index is 13.7. The number of hydrogen-bond donors (Lipinski definition) is 4. The fraction of sp³-hybridized carbons (Fsp3) is 0.500. The van der Waals surface area contributed by atoms with E-state index in [-0.39, 0.29) is 5.69 Å². The Morgan fingerprint density at radius 1 is 1.36 bits per heavy atom. The zero-order valence-electron chi connectivity index (χ0n) is 12.6. The summed E-state index contributed by atoms with van der Waals surface area (Å²) in [6.07, 6.45) is -4.21. The number of benzene rings is 1. The quantitative estimate of drug-likeness (QED) is 0.629. The van der Waals surface area contributed by atoms with Gasteiger partial charge in [-0.25, -0.2) is 13.6 Å². The number of carbonyl (C=O) groups is 1. The van der Waals surface area contributed by atoms with E-state index in [1.54, 1.807) is 20.8 Å². The standard InChI is InChI=1S/C14H20F2N2O4/c1-14(2,3)22-13(21)18-6-9(19)12(20)10-8(17)5-4-7(15)11(10)16/h4-5,9,12,19-20H,6,17H2,1-3H3,(H,18,21). The van der Waals surface area contributed by atoms with Crippen LogP contribution in [0.4, 0.5) is 19.3 Å². The van der Waals surface area contributed by atoms with Crippen molar-refractivity contribution in [2.45, 2.75) is 38.6 Å². The highest BCUT2D eigenvalue weighted by Gasteiger charge is 2.27. The molecule has 0 saturated carbocycles. The predicted molar refractivity (Wildman–Crippen MR) is 76.0 cm³/mol. The van der Waals surface area contributed by atoms with Gasteiger partial charge in [0.05, 0.1) is 0 Å². The maximum absolute atomic E-state index is 13.7. The highest BCUT2D eigenvalue weighted by atomic mass is 19.2. The van der Waals surface area contributed by atoms with E-state index >= 15 is 0 Å². The predicted octanol–water partition coefficient (Wildman–Crippen LogP) is 1.47. The molecule has 0 aliphatic heterocycles. The summed E-state index contributed by atoms with van der Waals surface area (Å²) in [4.78, 5) is 11.4. The van der Waals surface area contributed by atoms with Crippen LogP contribution in [0, 0.1) is 11.6 Å². The summed E-state index contributed by atoms with van der Waals surface area (Å²) in [7, 11) is 0. The Bertz CT molecular complexity index is 546. The van der Waals surface area contributed by atoms with Gasteiger partial charge in [0, 0.05) is 17.8 Å². The van der Waals surface area contributed by atoms with Crippen LogP contribution in [-0.2, 0) is 4.74 Å². The minimum Gasteiger partial charge on any atom is -0.444 e. The number of ether oxygens (including phenoxy) is 1. The van der Waals surface area contributed by atoms with Crippen LogP contribution < -0.4 is 11.1 Å². The summed E-state index contributed by atoms with van der Waals surface area (Å²) in [6, 6.07) is 1.89. The minimum absolute atomic E-state index is 0.206. The van der Waals surface area contributed by atoms with Gasteiger partial charge in [0.25, 0.3) is 0 Å². The molecule has 1 aromatic rings. The fourth-order valence-electron chi connectivity index (χ4n) is 1.69. The van der Waals surface area contributed by atoms with Crippen molar-refractivity contribution in [3.63, 3.8) is 0 Å². The van der Waals surface area contributed by atoms with E-state index in [1.807, 2.05) is 0 Å². The normalized spacial score (nSPS) is 14.3. The Kier molecular flexibility index (Phi) is 5.67. The number of amides is 1. The number of aliphatic hydroxyl groups excluding tert-OH is 2. The topological polar surface area (TPSA) is 105 Å². The summed E-state index contributed by atoms with van der Waals surface area (Å²) in [5, 5.41) is 21.9. The summed E-state index contributed by atoms with van der Waals surface area (Å²) in [5.74, 6) is -2.54. The molecule has 22 heavy (non-hydrogen) atoms. The van der Waals surface area contributed by atoms with Crippen LogP contribution in [0.5, 0.6) is 0 Å². The summed E-state index contributed by atoms with van der Waals surface area (Å²) in [6.45, 7) is 4.54. The van der Waals surface area contributed by atoms with Crippen molar-refractivity contribution in [3.05, 3.63) is 29.3 Å². The molecule has 0 fully saturated rings. The zero-order valence-corrected chi connectivity index (χ0v) is 12.6. The van der Waals surface area contributed by atoms with Gasteiger partial charge >= 0.3 is 6.09 Å². The van der Waals surface area contributed by atoms with Crippen molar-refractivity contribution >= 4 is 11.8 Å². The third-order valence-corrected chi connectivity index (χ3v) is 2.68. The van der Waals surface area contributed by atoms with Gasteiger partial charge in [-0.3, -0.25) is 0 Å². The molecule has 2 unspecified atom stereocenters. The molecule has 0 aromatic heterocycles. The number of carbonyl (C=O) groups excluding carboxylic acids is 1. The van der Waals surface area contributed by atoms with E-state index in [0.29, 0.717) is 0 Å². The van der Waals surface area contributed by atoms with Gasteiger partial charge in [0.1, 0.15) is 17.8 Å². The molecule has 0 saturated heterocycles. The molecular formula is C14H20F2N2O4. The smallest absolute Gasteiger partial charge is 0.407 e. The van der Waals surface area contributed by atoms with Crippen molar-refractivity contribution in [2.24, 2.45) is 0 Å². The van der Waals surface area contributed by atoms with Gasteiger partial charge in [-0.15, -0.1) is 0 Å². The molecule has 0 bridgehead atoms. The number of hydrogen-bond acceptors (Lipinski definition) is 5. The fourth-order valence-corrected chi connectivity index (χ4v) is 1.69. The van der Waals surface area contributed by atoms with Gasteiger partial charge in [-0.05, 0) is 32.9 Å². The van der Waals surface area contributed by atoms with E-state index in [9.17, 15) is 23.8 Å². The molecule has 1 amide bonds. The van der Waals surface area contributed by atoms with Crippen LogP contribution in [-0.4, -0.2) is 34.6 Å². The number of nitrogens with one attached hydrogen (secondary N) is 1. The Morgan fingerprint density at radius 2 is 1.95 bits per heavy atom. The van der Waals surface area contributed by atoms with E-state index in [1.165, 1.54) is 0 Å². The molecule has 0 aliphatic rings. The molecule has 0 radical (unpaired) electrons. The number of anilines is 1. The van der Waals surface area contributed by atoms with Crippen molar-refractivity contribution in [1.82, 2.24) is 5.32 Å². The SMILES string of the molecule is CC(C)(C)OC(=O)NCC(O)C(O)c1c(N)ccc(F)c1F. The van der Waals surface area contributed by atoms with Crippen LogP contribution >= 0.6 is 0 Å². The number of halogens is 2. The molecule has 8 heteroatoms. The van der Waals surface area contributed by atoms with E-state index in [4.69, 9.17) is 10.5 Å². The average Bonchev–Trinajstić information content (AvgIpc) is 2.38. The van der Waals surface area contributed by atoms with Crippen LogP contribution in [0.25, 0.3) is 0 Å². The highest BCUT2D eigenvalue weighted by Crippen LogP contribution is 2.27. The van der Waals surface area contributed by atoms with Crippen molar-refractivity contribution in [2.75, 3.05) is 12.3 Å². The molecule has 0 aliphatic carbocycles. The van der Waals surface area contributed by atoms with Gasteiger partial charge < -0.3 is 26.0 Å². The number of alkyl carbamates (subject to hydrolysis) is 1. The maximum Gasteiger partial charge on any atom is 0.407 e. The molecule has 0 heterocycles. The Balaban J connectivity index is 2.72. The second-order valence-corrected chi connectivity index (χ2v) is 5.76. The second-order valence-electron chi connectivity index (χ2n) is 5.76. The van der Waals surface area contributed by atoms with Gasteiger partial charge in [-0.2, -0.15) is 0 Å². The van der Waals surface area contributed by atoms with Crippen LogP contribution in [0.1, 0.15) is 32.4 Å². The van der Waals surface area contributed by atoms with Gasteiger partial charge in [-0.1, -0.05) is 0 Å². The minimum atomic E-state index is -1.80. The lowest BCUT2D eigenvalue weighted by Crippen LogP contribution is -2.39. The molecule has 124 valence electrons. The van der Waals surface area contributed by atoms with E-state index < -0.39 is 47.6 Å². The van der Waals surface area contributed by atoms with Crippen molar-refractivity contribution in [3.8, 4) is 0 Å². The summed E-state index contributed by atoms with van der Waals surface area (Å²) in [5.41, 5.74) is 3.99. The molecule has 1 rings (SSSR count). The molecule has 2 atom stereocenters. The third-order valence-electron chi connectivity index (χ3n) is 2.68. The van der Waals surface area contributed by atoms with Gasteiger partial charge in [0.2, 0.25) is 0 Å². The van der Waals surface area contributed by atoms with Gasteiger partial charge in [0.15, 0.2) is 11.6 Å². The van der Waals surface area contributed by atoms with Crippen LogP contribution in [0.2, 0.25) is 0 Å². The molecule has 1 aromatic carbocycles. The number of aliphatic hydroxyl groups is 2. The second kappa shape index (κ2) is 6.89. The van der Waals surface area contributed by atoms with Crippen LogP contribution in [0.3, 0.4) is 0 Å². The molecular weight excluding hydrogens is 298 g/mol. The third kappa shape index (κ3) is 4.81. The van der Waals surface area contributed by atoms with E-state index in [2.05, 4.69) is 5.32 Å². The number of nitrogens with two attached hydrogens (primary N) is 1. The molecule has 6 nitrogen and oxygen atoms in total. The first kappa shape index (κ1) is 18.1. The zero-order chi connectivity index (χ0) is 17.1. The highest BCUT2D eigenvalue weighted by molar-refractivity contribution is 5.67. The monoisotopic (exact) mass is 318 g/mol. The number of rotatable bonds is 4.